The lowest BCUT2D eigenvalue weighted by Crippen LogP contribution is -2.11. The quantitative estimate of drug-likeness (QED) is 0.321. The Morgan fingerprint density at radius 2 is 1.46 bits per heavy atom. The van der Waals surface area contributed by atoms with E-state index in [1.165, 1.54) is 17.5 Å². The van der Waals surface area contributed by atoms with Crippen LogP contribution in [0.4, 0.5) is 5.69 Å². The first-order valence-corrected chi connectivity index (χ1v) is 14.3. The summed E-state index contributed by atoms with van der Waals surface area (Å²) < 4.78 is 53.5. The molecule has 0 bridgehead atoms. The average Bonchev–Trinajstić information content (AvgIpc) is 3.37. The fraction of sp³-hybridized carbons (Fsp3) is 0.0800. The molecule has 0 amide bonds. The van der Waals surface area contributed by atoms with Gasteiger partial charge in [-0.25, -0.2) is 21.6 Å². The SMILES string of the molecule is O=C(O)c1ccccc1CCc1ccc(NS(=O)(=O)c2cc(S(=O)(=O)c3ccccc3)cs2)cc1. The monoisotopic (exact) mass is 527 g/mol. The highest BCUT2D eigenvalue weighted by molar-refractivity contribution is 7.95. The van der Waals surface area contributed by atoms with Gasteiger partial charge in [0, 0.05) is 11.1 Å². The van der Waals surface area contributed by atoms with Crippen molar-refractivity contribution in [2.75, 3.05) is 4.72 Å². The second-order valence-corrected chi connectivity index (χ2v) is 12.5. The number of sulfone groups is 1. The lowest BCUT2D eigenvalue weighted by Gasteiger charge is -2.09. The van der Waals surface area contributed by atoms with E-state index < -0.39 is 25.8 Å². The Morgan fingerprint density at radius 3 is 2.14 bits per heavy atom. The van der Waals surface area contributed by atoms with Crippen LogP contribution in [0.5, 0.6) is 0 Å². The van der Waals surface area contributed by atoms with Crippen molar-refractivity contribution in [2.24, 2.45) is 0 Å². The number of sulfonamides is 1. The normalized spacial score (nSPS) is 11.8. The molecule has 0 aliphatic rings. The Bertz CT molecular complexity index is 1560. The van der Waals surface area contributed by atoms with E-state index in [1.807, 2.05) is 0 Å². The molecular weight excluding hydrogens is 506 g/mol. The molecule has 4 rings (SSSR count). The molecule has 0 saturated heterocycles. The summed E-state index contributed by atoms with van der Waals surface area (Å²) >= 11 is 0.832. The maximum Gasteiger partial charge on any atom is 0.335 e. The fourth-order valence-electron chi connectivity index (χ4n) is 3.49. The van der Waals surface area contributed by atoms with E-state index in [-0.39, 0.29) is 19.6 Å². The zero-order valence-electron chi connectivity index (χ0n) is 18.3. The van der Waals surface area contributed by atoms with Crippen molar-refractivity contribution in [1.82, 2.24) is 0 Å². The lowest BCUT2D eigenvalue weighted by atomic mass is 10.00. The van der Waals surface area contributed by atoms with Crippen LogP contribution in [0, 0.1) is 0 Å². The van der Waals surface area contributed by atoms with Gasteiger partial charge in [-0.05, 0) is 60.4 Å². The van der Waals surface area contributed by atoms with Crippen LogP contribution in [-0.4, -0.2) is 27.9 Å². The number of aromatic carboxylic acids is 1. The van der Waals surface area contributed by atoms with Crippen LogP contribution >= 0.6 is 11.3 Å². The van der Waals surface area contributed by atoms with Crippen molar-refractivity contribution in [2.45, 2.75) is 26.8 Å². The second kappa shape index (κ2) is 10.0. The molecular formula is C25H21NO6S3. The molecule has 0 saturated carbocycles. The number of carboxylic acids is 1. The predicted octanol–water partition coefficient (Wildman–Crippen LogP) is 4.87. The Labute approximate surface area is 207 Å². The summed E-state index contributed by atoms with van der Waals surface area (Å²) in [6.07, 6.45) is 1.12. The predicted molar refractivity (Wildman–Crippen MR) is 134 cm³/mol. The summed E-state index contributed by atoms with van der Waals surface area (Å²) in [5.74, 6) is -0.973. The first-order valence-electron chi connectivity index (χ1n) is 10.5. The smallest absolute Gasteiger partial charge is 0.335 e. The largest absolute Gasteiger partial charge is 0.478 e. The fourth-order valence-corrected chi connectivity index (χ4v) is 7.45. The van der Waals surface area contributed by atoms with Crippen molar-refractivity contribution >= 4 is 42.9 Å². The molecule has 7 nitrogen and oxygen atoms in total. The van der Waals surface area contributed by atoms with Gasteiger partial charge < -0.3 is 5.11 Å². The third-order valence-corrected chi connectivity index (χ3v) is 10.0. The Kier molecular flexibility index (Phi) is 7.06. The molecule has 1 aromatic heterocycles. The van der Waals surface area contributed by atoms with E-state index >= 15 is 0 Å². The van der Waals surface area contributed by atoms with E-state index in [0.29, 0.717) is 18.5 Å². The van der Waals surface area contributed by atoms with Gasteiger partial charge in [0.15, 0.2) is 0 Å². The van der Waals surface area contributed by atoms with Gasteiger partial charge in [0.05, 0.1) is 15.4 Å². The topological polar surface area (TPSA) is 118 Å². The molecule has 1 heterocycles. The van der Waals surface area contributed by atoms with E-state index in [0.717, 1.165) is 28.5 Å². The maximum absolute atomic E-state index is 12.8. The summed E-state index contributed by atoms with van der Waals surface area (Å²) in [6.45, 7) is 0. The van der Waals surface area contributed by atoms with Gasteiger partial charge in [0.25, 0.3) is 10.0 Å². The maximum atomic E-state index is 12.8. The Balaban J connectivity index is 1.45. The van der Waals surface area contributed by atoms with Gasteiger partial charge in [0.2, 0.25) is 9.84 Å². The number of hydrogen-bond acceptors (Lipinski definition) is 6. The van der Waals surface area contributed by atoms with Crippen molar-refractivity contribution in [1.29, 1.82) is 0 Å². The van der Waals surface area contributed by atoms with Crippen LogP contribution in [0.3, 0.4) is 0 Å². The Morgan fingerprint density at radius 1 is 0.800 bits per heavy atom. The van der Waals surface area contributed by atoms with Crippen molar-refractivity contribution in [3.8, 4) is 0 Å². The zero-order chi connectivity index (χ0) is 25.1. The molecule has 0 spiro atoms. The van der Waals surface area contributed by atoms with Gasteiger partial charge in [0.1, 0.15) is 4.21 Å². The third-order valence-electron chi connectivity index (χ3n) is 5.32. The third kappa shape index (κ3) is 5.61. The second-order valence-electron chi connectivity index (χ2n) is 7.68. The number of carboxylic acid groups (broad SMARTS) is 1. The molecule has 35 heavy (non-hydrogen) atoms. The first kappa shape index (κ1) is 24.6. The van der Waals surface area contributed by atoms with Crippen LogP contribution in [0.1, 0.15) is 21.5 Å². The number of thiophene rings is 1. The standard InChI is InChI=1S/C25H21NO6S3/c27-25(28)23-9-5-4-6-19(23)13-10-18-11-14-20(15-12-18)26-35(31,32)24-16-22(17-33-24)34(29,30)21-7-2-1-3-8-21/h1-9,11-12,14-17,26H,10,13H2,(H,27,28). The van der Waals surface area contributed by atoms with Crippen molar-refractivity contribution < 1.29 is 26.7 Å². The van der Waals surface area contributed by atoms with Crippen LogP contribution in [0.25, 0.3) is 0 Å². The molecule has 4 aromatic rings. The minimum atomic E-state index is -3.98. The zero-order valence-corrected chi connectivity index (χ0v) is 20.7. The molecule has 2 N–H and O–H groups in total. The van der Waals surface area contributed by atoms with Crippen LogP contribution in [0.15, 0.2) is 104 Å². The minimum absolute atomic E-state index is 0.0777. The Hall–Kier alpha value is -3.47. The number of nitrogens with one attached hydrogen (secondary N) is 1. The van der Waals surface area contributed by atoms with E-state index in [2.05, 4.69) is 4.72 Å². The average molecular weight is 528 g/mol. The summed E-state index contributed by atoms with van der Waals surface area (Å²) in [5.41, 5.74) is 2.24. The van der Waals surface area contributed by atoms with Crippen LogP contribution in [-0.2, 0) is 32.7 Å². The molecule has 3 aromatic carbocycles. The summed E-state index contributed by atoms with van der Waals surface area (Å²) in [4.78, 5) is 11.4. The van der Waals surface area contributed by atoms with Gasteiger partial charge in [-0.1, -0.05) is 48.5 Å². The molecule has 0 fully saturated rings. The van der Waals surface area contributed by atoms with Crippen molar-refractivity contribution in [3.05, 3.63) is 107 Å². The van der Waals surface area contributed by atoms with Gasteiger partial charge in [-0.3, -0.25) is 4.72 Å². The number of aryl methyl sites for hydroxylation is 2. The highest BCUT2D eigenvalue weighted by Crippen LogP contribution is 2.29. The van der Waals surface area contributed by atoms with E-state index in [9.17, 15) is 26.7 Å². The van der Waals surface area contributed by atoms with E-state index in [1.54, 1.807) is 66.7 Å². The first-order chi connectivity index (χ1) is 16.7. The van der Waals surface area contributed by atoms with Gasteiger partial charge in [-0.2, -0.15) is 0 Å². The van der Waals surface area contributed by atoms with Crippen LogP contribution < -0.4 is 4.72 Å². The number of benzene rings is 3. The summed E-state index contributed by atoms with van der Waals surface area (Å²) in [5, 5.41) is 10.6. The lowest BCUT2D eigenvalue weighted by molar-refractivity contribution is 0.0695. The highest BCUT2D eigenvalue weighted by atomic mass is 32.2. The van der Waals surface area contributed by atoms with Crippen molar-refractivity contribution in [3.63, 3.8) is 0 Å². The van der Waals surface area contributed by atoms with Gasteiger partial charge >= 0.3 is 5.97 Å². The molecule has 0 atom stereocenters. The number of hydrogen-bond donors (Lipinski definition) is 2. The number of carbonyl (C=O) groups is 1. The molecule has 0 aliphatic heterocycles. The number of rotatable bonds is 9. The molecule has 0 aliphatic carbocycles. The molecule has 0 radical (unpaired) electrons. The molecule has 180 valence electrons. The van der Waals surface area contributed by atoms with Crippen LogP contribution in [0.2, 0.25) is 0 Å². The highest BCUT2D eigenvalue weighted by Gasteiger charge is 2.24. The van der Waals surface area contributed by atoms with Gasteiger partial charge in [-0.15, -0.1) is 11.3 Å². The number of anilines is 1. The molecule has 0 unspecified atom stereocenters. The summed E-state index contributed by atoms with van der Waals surface area (Å²) in [7, 11) is -7.79. The summed E-state index contributed by atoms with van der Waals surface area (Å²) in [6, 6.07) is 22.6. The van der Waals surface area contributed by atoms with E-state index in [4.69, 9.17) is 0 Å². The molecule has 10 heteroatoms. The minimum Gasteiger partial charge on any atom is -0.478 e.